The van der Waals surface area contributed by atoms with Gasteiger partial charge in [0, 0.05) is 6.42 Å². The van der Waals surface area contributed by atoms with Crippen LogP contribution in [0.25, 0.3) is 11.0 Å². The van der Waals surface area contributed by atoms with Crippen molar-refractivity contribution in [3.8, 4) is 0 Å². The molecule has 2 aromatic rings. The standard InChI is InChI=1S/C13H16ClN3/c14-10-4-1-5-11-13(10)17-12(16-11)7-9-3-2-6-15-8-9/h1,4-5,9,15H,2-3,6-8H2,(H,16,17). The fraction of sp³-hybridized carbons (Fsp3) is 0.462. The van der Waals surface area contributed by atoms with E-state index >= 15 is 0 Å². The number of aromatic nitrogens is 2. The van der Waals surface area contributed by atoms with Gasteiger partial charge in [-0.3, -0.25) is 0 Å². The summed E-state index contributed by atoms with van der Waals surface area (Å²) >= 11 is 6.12. The molecule has 90 valence electrons. The zero-order valence-corrected chi connectivity index (χ0v) is 10.4. The van der Waals surface area contributed by atoms with Gasteiger partial charge in [-0.05, 0) is 44.0 Å². The van der Waals surface area contributed by atoms with Crippen LogP contribution in [0, 0.1) is 5.92 Å². The number of halogens is 1. The number of nitrogens with one attached hydrogen (secondary N) is 2. The first-order valence-corrected chi connectivity index (χ1v) is 6.54. The average Bonchev–Trinajstić information content (AvgIpc) is 2.74. The highest BCUT2D eigenvalue weighted by atomic mass is 35.5. The summed E-state index contributed by atoms with van der Waals surface area (Å²) in [5.74, 6) is 1.75. The Morgan fingerprint density at radius 2 is 2.35 bits per heavy atom. The third-order valence-electron chi connectivity index (χ3n) is 3.39. The monoisotopic (exact) mass is 249 g/mol. The summed E-state index contributed by atoms with van der Waals surface area (Å²) < 4.78 is 0. The van der Waals surface area contributed by atoms with E-state index in [1.54, 1.807) is 0 Å². The molecular formula is C13H16ClN3. The van der Waals surface area contributed by atoms with Crippen molar-refractivity contribution >= 4 is 22.6 Å². The van der Waals surface area contributed by atoms with Crippen LogP contribution >= 0.6 is 11.6 Å². The van der Waals surface area contributed by atoms with E-state index in [1.165, 1.54) is 12.8 Å². The minimum absolute atomic E-state index is 0.697. The summed E-state index contributed by atoms with van der Waals surface area (Å²) in [5.41, 5.74) is 1.93. The Hall–Kier alpha value is -1.06. The largest absolute Gasteiger partial charge is 0.342 e. The molecule has 4 heteroatoms. The third kappa shape index (κ3) is 2.31. The molecule has 0 aliphatic carbocycles. The molecule has 2 N–H and O–H groups in total. The van der Waals surface area contributed by atoms with Crippen molar-refractivity contribution in [3.05, 3.63) is 29.0 Å². The Balaban J connectivity index is 1.83. The van der Waals surface area contributed by atoms with E-state index in [2.05, 4.69) is 15.3 Å². The van der Waals surface area contributed by atoms with E-state index in [9.17, 15) is 0 Å². The predicted molar refractivity (Wildman–Crippen MR) is 70.4 cm³/mol. The van der Waals surface area contributed by atoms with Crippen molar-refractivity contribution in [2.24, 2.45) is 5.92 Å². The van der Waals surface area contributed by atoms with Gasteiger partial charge < -0.3 is 10.3 Å². The van der Waals surface area contributed by atoms with Crippen LogP contribution in [0.3, 0.4) is 0 Å². The Kier molecular flexibility index (Phi) is 3.04. The number of H-pyrrole nitrogens is 1. The molecule has 1 aliphatic rings. The molecule has 17 heavy (non-hydrogen) atoms. The number of para-hydroxylation sites is 1. The number of rotatable bonds is 2. The predicted octanol–water partition coefficient (Wildman–Crippen LogP) is 2.76. The van der Waals surface area contributed by atoms with Crippen LogP contribution in [0.1, 0.15) is 18.7 Å². The molecule has 0 amide bonds. The van der Waals surface area contributed by atoms with E-state index in [-0.39, 0.29) is 0 Å². The summed E-state index contributed by atoms with van der Waals surface area (Å²) in [7, 11) is 0. The first kappa shape index (κ1) is 11.1. The number of hydrogen-bond donors (Lipinski definition) is 2. The van der Waals surface area contributed by atoms with E-state index in [0.717, 1.165) is 41.4 Å². The zero-order valence-electron chi connectivity index (χ0n) is 9.67. The summed E-state index contributed by atoms with van der Waals surface area (Å²) in [6.45, 7) is 2.26. The first-order chi connectivity index (χ1) is 8.33. The van der Waals surface area contributed by atoms with Gasteiger partial charge >= 0.3 is 0 Å². The van der Waals surface area contributed by atoms with Crippen LogP contribution in [-0.2, 0) is 6.42 Å². The molecular weight excluding hydrogens is 234 g/mol. The topological polar surface area (TPSA) is 40.7 Å². The molecule has 1 unspecified atom stereocenters. The molecule has 1 aliphatic heterocycles. The maximum atomic E-state index is 6.12. The Labute approximate surface area is 106 Å². The van der Waals surface area contributed by atoms with Gasteiger partial charge in [0.15, 0.2) is 0 Å². The highest BCUT2D eigenvalue weighted by Gasteiger charge is 2.15. The number of benzene rings is 1. The van der Waals surface area contributed by atoms with Crippen LogP contribution in [0.2, 0.25) is 5.02 Å². The smallest absolute Gasteiger partial charge is 0.107 e. The number of fused-ring (bicyclic) bond motifs is 1. The van der Waals surface area contributed by atoms with Gasteiger partial charge in [0.05, 0.1) is 10.5 Å². The fourth-order valence-corrected chi connectivity index (χ4v) is 2.73. The first-order valence-electron chi connectivity index (χ1n) is 6.17. The Bertz CT molecular complexity index is 514. The third-order valence-corrected chi connectivity index (χ3v) is 3.70. The van der Waals surface area contributed by atoms with Crippen LogP contribution in [0.15, 0.2) is 18.2 Å². The lowest BCUT2D eigenvalue weighted by molar-refractivity contribution is 0.371. The molecule has 3 rings (SSSR count). The van der Waals surface area contributed by atoms with Crippen molar-refractivity contribution in [1.82, 2.24) is 15.3 Å². The van der Waals surface area contributed by atoms with Gasteiger partial charge in [0.2, 0.25) is 0 Å². The minimum Gasteiger partial charge on any atom is -0.342 e. The number of aromatic amines is 1. The quantitative estimate of drug-likeness (QED) is 0.859. The maximum absolute atomic E-state index is 6.12. The summed E-state index contributed by atoms with van der Waals surface area (Å²) in [6, 6.07) is 5.86. The molecule has 1 fully saturated rings. The molecule has 0 radical (unpaired) electrons. The summed E-state index contributed by atoms with van der Waals surface area (Å²) in [4.78, 5) is 7.95. The number of hydrogen-bond acceptors (Lipinski definition) is 2. The summed E-state index contributed by atoms with van der Waals surface area (Å²) in [6.07, 6.45) is 3.57. The lowest BCUT2D eigenvalue weighted by atomic mass is 9.96. The highest BCUT2D eigenvalue weighted by Crippen LogP contribution is 2.22. The fourth-order valence-electron chi connectivity index (χ4n) is 2.52. The van der Waals surface area contributed by atoms with Crippen LogP contribution in [0.5, 0.6) is 0 Å². The lowest BCUT2D eigenvalue weighted by Crippen LogP contribution is -2.31. The Morgan fingerprint density at radius 3 is 3.12 bits per heavy atom. The van der Waals surface area contributed by atoms with Gasteiger partial charge in [-0.15, -0.1) is 0 Å². The highest BCUT2D eigenvalue weighted by molar-refractivity contribution is 6.34. The molecule has 2 heterocycles. The second kappa shape index (κ2) is 4.67. The molecule has 0 bridgehead atoms. The van der Waals surface area contributed by atoms with Gasteiger partial charge in [-0.2, -0.15) is 0 Å². The van der Waals surface area contributed by atoms with Gasteiger partial charge in [0.25, 0.3) is 0 Å². The summed E-state index contributed by atoms with van der Waals surface area (Å²) in [5, 5.41) is 4.16. The van der Waals surface area contributed by atoms with Crippen molar-refractivity contribution in [1.29, 1.82) is 0 Å². The number of imidazole rings is 1. The SMILES string of the molecule is Clc1cccc2[nH]c(CC3CCCNC3)nc12. The maximum Gasteiger partial charge on any atom is 0.107 e. The van der Waals surface area contributed by atoms with Crippen LogP contribution < -0.4 is 5.32 Å². The van der Waals surface area contributed by atoms with Gasteiger partial charge in [-0.25, -0.2) is 4.98 Å². The molecule has 0 saturated carbocycles. The average molecular weight is 250 g/mol. The van der Waals surface area contributed by atoms with Crippen molar-refractivity contribution in [2.45, 2.75) is 19.3 Å². The number of nitrogens with zero attached hydrogens (tertiary/aromatic N) is 1. The normalized spacial score (nSPS) is 20.9. The van der Waals surface area contributed by atoms with Crippen molar-refractivity contribution in [3.63, 3.8) is 0 Å². The van der Waals surface area contributed by atoms with Crippen molar-refractivity contribution in [2.75, 3.05) is 13.1 Å². The van der Waals surface area contributed by atoms with Crippen LogP contribution in [0.4, 0.5) is 0 Å². The van der Waals surface area contributed by atoms with E-state index in [4.69, 9.17) is 11.6 Å². The second-order valence-electron chi connectivity index (χ2n) is 4.74. The van der Waals surface area contributed by atoms with Crippen molar-refractivity contribution < 1.29 is 0 Å². The molecule has 1 aromatic heterocycles. The molecule has 1 saturated heterocycles. The van der Waals surface area contributed by atoms with E-state index in [1.807, 2.05) is 18.2 Å². The van der Waals surface area contributed by atoms with E-state index in [0.29, 0.717) is 5.92 Å². The second-order valence-corrected chi connectivity index (χ2v) is 5.14. The number of piperidine rings is 1. The van der Waals surface area contributed by atoms with E-state index < -0.39 is 0 Å². The Morgan fingerprint density at radius 1 is 1.41 bits per heavy atom. The van der Waals surface area contributed by atoms with Gasteiger partial charge in [0.1, 0.15) is 11.3 Å². The lowest BCUT2D eigenvalue weighted by Gasteiger charge is -2.21. The molecule has 3 nitrogen and oxygen atoms in total. The zero-order chi connectivity index (χ0) is 11.7. The van der Waals surface area contributed by atoms with Crippen LogP contribution in [-0.4, -0.2) is 23.1 Å². The molecule has 1 aromatic carbocycles. The molecule has 0 spiro atoms. The minimum atomic E-state index is 0.697. The van der Waals surface area contributed by atoms with Gasteiger partial charge in [-0.1, -0.05) is 17.7 Å². The molecule has 1 atom stereocenters.